The Balaban J connectivity index is 1.80. The number of hydrogen-bond donors (Lipinski definition) is 0. The number of aryl methyl sites for hydroxylation is 2. The van der Waals surface area contributed by atoms with Crippen molar-refractivity contribution in [3.05, 3.63) is 50.7 Å². The topological polar surface area (TPSA) is 63.7 Å². The van der Waals surface area contributed by atoms with Crippen LogP contribution in [0.15, 0.2) is 29.6 Å². The van der Waals surface area contributed by atoms with Crippen LogP contribution in [0, 0.1) is 13.8 Å². The fourth-order valence-electron chi connectivity index (χ4n) is 3.31. The van der Waals surface area contributed by atoms with Crippen LogP contribution in [-0.4, -0.2) is 42.9 Å². The van der Waals surface area contributed by atoms with Crippen LogP contribution >= 0.6 is 22.9 Å². The van der Waals surface area contributed by atoms with Gasteiger partial charge in [0.15, 0.2) is 15.9 Å². The Bertz CT molecular complexity index is 970. The lowest BCUT2D eigenvalue weighted by Gasteiger charge is -2.30. The lowest BCUT2D eigenvalue weighted by molar-refractivity contribution is -0.140. The van der Waals surface area contributed by atoms with Gasteiger partial charge in [-0.15, -0.1) is 11.3 Å². The molecular formula is C20H24ClNO4S2. The second-order valence-corrected chi connectivity index (χ2v) is 10.9. The Hall–Kier alpha value is -1.57. The van der Waals surface area contributed by atoms with Crippen LogP contribution in [0.1, 0.15) is 29.3 Å². The summed E-state index contributed by atoms with van der Waals surface area (Å²) in [5.41, 5.74) is 1.97. The zero-order valence-electron chi connectivity index (χ0n) is 16.1. The minimum Gasteiger partial charge on any atom is -0.481 e. The predicted octanol–water partition coefficient (Wildman–Crippen LogP) is 4.00. The van der Waals surface area contributed by atoms with E-state index in [0.29, 0.717) is 23.7 Å². The number of ether oxygens (including phenoxy) is 1. The highest BCUT2D eigenvalue weighted by atomic mass is 35.5. The predicted molar refractivity (Wildman–Crippen MR) is 113 cm³/mol. The van der Waals surface area contributed by atoms with Gasteiger partial charge in [-0.3, -0.25) is 4.79 Å². The molecule has 0 aliphatic carbocycles. The number of carbonyl (C=O) groups excluding carboxylic acids is 1. The van der Waals surface area contributed by atoms with E-state index < -0.39 is 15.9 Å². The molecule has 0 spiro atoms. The number of rotatable bonds is 6. The van der Waals surface area contributed by atoms with Gasteiger partial charge >= 0.3 is 0 Å². The average molecular weight is 442 g/mol. The van der Waals surface area contributed by atoms with Crippen molar-refractivity contribution in [1.29, 1.82) is 0 Å². The normalized spacial score (nSPS) is 19.4. The van der Waals surface area contributed by atoms with Gasteiger partial charge in [0.05, 0.1) is 18.1 Å². The Morgan fingerprint density at radius 3 is 2.64 bits per heavy atom. The number of halogens is 1. The molecule has 1 aromatic carbocycles. The van der Waals surface area contributed by atoms with Gasteiger partial charge in [-0.2, -0.15) is 0 Å². The monoisotopic (exact) mass is 441 g/mol. The quantitative estimate of drug-likeness (QED) is 0.679. The molecule has 2 atom stereocenters. The van der Waals surface area contributed by atoms with Crippen LogP contribution in [0.5, 0.6) is 5.75 Å². The van der Waals surface area contributed by atoms with Gasteiger partial charge in [0.2, 0.25) is 0 Å². The maximum atomic E-state index is 13.2. The minimum absolute atomic E-state index is 0.00986. The summed E-state index contributed by atoms with van der Waals surface area (Å²) < 4.78 is 29.8. The second kappa shape index (κ2) is 8.43. The van der Waals surface area contributed by atoms with Crippen LogP contribution in [0.4, 0.5) is 0 Å². The number of hydrogen-bond acceptors (Lipinski definition) is 5. The summed E-state index contributed by atoms with van der Waals surface area (Å²) in [6.07, 6.45) is -0.269. The molecule has 0 N–H and O–H groups in total. The summed E-state index contributed by atoms with van der Waals surface area (Å²) in [5.74, 6) is 0.489. The Labute approximate surface area is 175 Å². The van der Waals surface area contributed by atoms with E-state index >= 15 is 0 Å². The molecule has 5 nitrogen and oxygen atoms in total. The van der Waals surface area contributed by atoms with E-state index in [9.17, 15) is 13.2 Å². The number of carbonyl (C=O) groups is 1. The van der Waals surface area contributed by atoms with Crippen molar-refractivity contribution in [2.75, 3.05) is 11.5 Å². The van der Waals surface area contributed by atoms with Crippen LogP contribution in [-0.2, 0) is 21.2 Å². The van der Waals surface area contributed by atoms with Crippen molar-refractivity contribution in [2.24, 2.45) is 0 Å². The van der Waals surface area contributed by atoms with Gasteiger partial charge in [0, 0.05) is 15.9 Å². The number of amides is 1. The van der Waals surface area contributed by atoms with Gasteiger partial charge in [-0.1, -0.05) is 11.6 Å². The van der Waals surface area contributed by atoms with Crippen molar-refractivity contribution in [1.82, 2.24) is 4.90 Å². The summed E-state index contributed by atoms with van der Waals surface area (Å²) in [4.78, 5) is 16.0. The van der Waals surface area contributed by atoms with Gasteiger partial charge < -0.3 is 9.64 Å². The standard InChI is InChI=1S/C20H24ClNO4S2/c1-13-6-8-27-19(13)11-22(16-7-9-28(24,25)12-16)20(23)15(3)26-17-4-5-18(21)14(2)10-17/h4-6,8,10,15-16H,7,9,11-12H2,1-3H3/t15-,16+/m1/s1. The molecule has 1 saturated heterocycles. The molecule has 1 aromatic heterocycles. The van der Waals surface area contributed by atoms with E-state index in [4.69, 9.17) is 16.3 Å². The summed E-state index contributed by atoms with van der Waals surface area (Å²) in [6, 6.07) is 6.94. The molecule has 28 heavy (non-hydrogen) atoms. The summed E-state index contributed by atoms with van der Waals surface area (Å²) in [6.45, 7) is 5.97. The van der Waals surface area contributed by atoms with Gasteiger partial charge in [0.1, 0.15) is 5.75 Å². The molecule has 1 aliphatic rings. The van der Waals surface area contributed by atoms with Crippen molar-refractivity contribution in [3.63, 3.8) is 0 Å². The lowest BCUT2D eigenvalue weighted by Crippen LogP contribution is -2.46. The molecule has 2 aromatic rings. The molecule has 0 unspecified atom stereocenters. The minimum atomic E-state index is -3.10. The van der Waals surface area contributed by atoms with Crippen molar-refractivity contribution < 1.29 is 17.9 Å². The average Bonchev–Trinajstić information content (AvgIpc) is 3.20. The summed E-state index contributed by atoms with van der Waals surface area (Å²) >= 11 is 7.63. The first-order chi connectivity index (χ1) is 13.2. The molecule has 1 fully saturated rings. The Morgan fingerprint density at radius 1 is 1.32 bits per heavy atom. The largest absolute Gasteiger partial charge is 0.481 e. The fourth-order valence-corrected chi connectivity index (χ4v) is 6.06. The van der Waals surface area contributed by atoms with E-state index in [1.54, 1.807) is 41.4 Å². The van der Waals surface area contributed by atoms with Crippen molar-refractivity contribution >= 4 is 38.7 Å². The van der Waals surface area contributed by atoms with Crippen molar-refractivity contribution in [2.45, 2.75) is 45.9 Å². The fraction of sp³-hybridized carbons (Fsp3) is 0.450. The molecule has 1 amide bonds. The van der Waals surface area contributed by atoms with Crippen molar-refractivity contribution in [3.8, 4) is 5.75 Å². The number of thiophene rings is 1. The van der Waals surface area contributed by atoms with E-state index in [-0.39, 0.29) is 23.5 Å². The smallest absolute Gasteiger partial charge is 0.263 e. The van der Waals surface area contributed by atoms with E-state index in [0.717, 1.165) is 16.0 Å². The van der Waals surface area contributed by atoms with E-state index in [1.807, 2.05) is 25.3 Å². The highest BCUT2D eigenvalue weighted by molar-refractivity contribution is 7.91. The van der Waals surface area contributed by atoms with Crippen LogP contribution < -0.4 is 4.74 Å². The lowest BCUT2D eigenvalue weighted by atomic mass is 10.1. The highest BCUT2D eigenvalue weighted by Crippen LogP contribution is 2.26. The third-order valence-electron chi connectivity index (χ3n) is 5.00. The Kier molecular flexibility index (Phi) is 6.37. The van der Waals surface area contributed by atoms with Gasteiger partial charge in [0.25, 0.3) is 5.91 Å². The molecule has 3 rings (SSSR count). The Morgan fingerprint density at radius 2 is 2.07 bits per heavy atom. The zero-order valence-corrected chi connectivity index (χ0v) is 18.5. The molecule has 0 radical (unpaired) electrons. The van der Waals surface area contributed by atoms with Crippen LogP contribution in [0.2, 0.25) is 5.02 Å². The summed E-state index contributed by atoms with van der Waals surface area (Å²) in [7, 11) is -3.10. The highest BCUT2D eigenvalue weighted by Gasteiger charge is 2.37. The number of benzene rings is 1. The molecule has 2 heterocycles. The number of nitrogens with zero attached hydrogens (tertiary/aromatic N) is 1. The summed E-state index contributed by atoms with van der Waals surface area (Å²) in [5, 5.41) is 2.62. The zero-order chi connectivity index (χ0) is 20.5. The third kappa shape index (κ3) is 4.88. The maximum absolute atomic E-state index is 13.2. The van der Waals surface area contributed by atoms with Gasteiger partial charge in [-0.25, -0.2) is 8.42 Å². The first kappa shape index (κ1) is 21.1. The van der Waals surface area contributed by atoms with E-state index in [2.05, 4.69) is 0 Å². The SMILES string of the molecule is Cc1cc(O[C@H](C)C(=O)N(Cc2sccc2C)[C@H]2CCS(=O)(=O)C2)ccc1Cl. The second-order valence-electron chi connectivity index (χ2n) is 7.22. The molecule has 0 saturated carbocycles. The first-order valence-electron chi connectivity index (χ1n) is 9.13. The molecule has 8 heteroatoms. The van der Waals surface area contributed by atoms with Gasteiger partial charge in [-0.05, 0) is 68.0 Å². The van der Waals surface area contributed by atoms with Crippen LogP contribution in [0.25, 0.3) is 0 Å². The van der Waals surface area contributed by atoms with Crippen LogP contribution in [0.3, 0.4) is 0 Å². The number of sulfone groups is 1. The molecule has 1 aliphatic heterocycles. The third-order valence-corrected chi connectivity index (χ3v) is 8.19. The maximum Gasteiger partial charge on any atom is 0.263 e. The first-order valence-corrected chi connectivity index (χ1v) is 12.2. The van der Waals surface area contributed by atoms with E-state index in [1.165, 1.54) is 0 Å². The molecule has 0 bridgehead atoms. The molecule has 152 valence electrons. The molecular weight excluding hydrogens is 418 g/mol.